The summed E-state index contributed by atoms with van der Waals surface area (Å²) in [5, 5.41) is 2.59. The molecule has 1 aromatic carbocycles. The number of nitrogens with one attached hydrogen (secondary N) is 1. The van der Waals surface area contributed by atoms with Crippen LogP contribution in [0.5, 0.6) is 0 Å². The average Bonchev–Trinajstić information content (AvgIpc) is 2.16. The second kappa shape index (κ2) is 4.84. The van der Waals surface area contributed by atoms with Gasteiger partial charge in [-0.2, -0.15) is 0 Å². The predicted molar refractivity (Wildman–Crippen MR) is 62.2 cm³/mol. The molecule has 1 aromatic rings. The molecule has 16 heavy (non-hydrogen) atoms. The Morgan fingerprint density at radius 2 is 2.00 bits per heavy atom. The van der Waals surface area contributed by atoms with Gasteiger partial charge in [0.25, 0.3) is 15.0 Å². The molecule has 0 saturated heterocycles. The molecule has 88 valence electrons. The minimum atomic E-state index is -3.80. The Balaban J connectivity index is 3.24. The van der Waals surface area contributed by atoms with Crippen LogP contribution in [0.1, 0.15) is 22.8 Å². The predicted octanol–water partition coefficient (Wildman–Crippen LogP) is 1.67. The summed E-state index contributed by atoms with van der Waals surface area (Å²) < 4.78 is 22.3. The number of aryl methyl sites for hydroxylation is 1. The van der Waals surface area contributed by atoms with Crippen LogP contribution in [0, 0.1) is 6.92 Å². The first kappa shape index (κ1) is 13.0. The number of hydrogen-bond acceptors (Lipinski definition) is 3. The standard InChI is InChI=1S/C10H12ClNO3S/c1-3-12-10(13)8-4-7(2)5-9(6-8)16(11,14)15/h4-6H,3H2,1-2H3,(H,12,13). The number of benzene rings is 1. The Kier molecular flexibility index (Phi) is 3.93. The first-order chi connectivity index (χ1) is 7.34. The molecule has 4 nitrogen and oxygen atoms in total. The van der Waals surface area contributed by atoms with Gasteiger partial charge in [-0.1, -0.05) is 0 Å². The van der Waals surface area contributed by atoms with Gasteiger partial charge in [-0.05, 0) is 37.6 Å². The van der Waals surface area contributed by atoms with E-state index in [1.165, 1.54) is 12.1 Å². The number of halogens is 1. The van der Waals surface area contributed by atoms with Crippen molar-refractivity contribution in [2.45, 2.75) is 18.7 Å². The number of amides is 1. The van der Waals surface area contributed by atoms with Gasteiger partial charge in [0.2, 0.25) is 0 Å². The smallest absolute Gasteiger partial charge is 0.261 e. The second-order valence-electron chi connectivity index (χ2n) is 3.33. The summed E-state index contributed by atoms with van der Waals surface area (Å²) in [7, 11) is 1.42. The van der Waals surface area contributed by atoms with E-state index in [1.54, 1.807) is 19.9 Å². The molecule has 0 unspecified atom stereocenters. The summed E-state index contributed by atoms with van der Waals surface area (Å²) in [4.78, 5) is 11.5. The van der Waals surface area contributed by atoms with Gasteiger partial charge in [0.1, 0.15) is 0 Å². The molecule has 0 aliphatic heterocycles. The van der Waals surface area contributed by atoms with Crippen LogP contribution in [0.3, 0.4) is 0 Å². The van der Waals surface area contributed by atoms with Crippen LogP contribution in [0.25, 0.3) is 0 Å². The molecule has 0 saturated carbocycles. The van der Waals surface area contributed by atoms with Crippen LogP contribution in [0.15, 0.2) is 23.1 Å². The molecule has 0 atom stereocenters. The molecule has 0 radical (unpaired) electrons. The molecule has 0 aliphatic rings. The maximum absolute atomic E-state index is 11.5. The van der Waals surface area contributed by atoms with Crippen LogP contribution >= 0.6 is 10.7 Å². The lowest BCUT2D eigenvalue weighted by molar-refractivity contribution is 0.0955. The SMILES string of the molecule is CCNC(=O)c1cc(C)cc(S(=O)(=O)Cl)c1. The van der Waals surface area contributed by atoms with Crippen LogP contribution in [0.4, 0.5) is 0 Å². The molecule has 0 spiro atoms. The van der Waals surface area contributed by atoms with Crippen molar-refractivity contribution < 1.29 is 13.2 Å². The molecule has 0 heterocycles. The summed E-state index contributed by atoms with van der Waals surface area (Å²) in [5.41, 5.74) is 0.962. The molecule has 0 fully saturated rings. The summed E-state index contributed by atoms with van der Waals surface area (Å²) in [6.07, 6.45) is 0. The highest BCUT2D eigenvalue weighted by molar-refractivity contribution is 8.13. The summed E-state index contributed by atoms with van der Waals surface area (Å²) in [5.74, 6) is -0.312. The van der Waals surface area contributed by atoms with Crippen molar-refractivity contribution in [2.24, 2.45) is 0 Å². The van der Waals surface area contributed by atoms with Gasteiger partial charge in [0.05, 0.1) is 4.90 Å². The summed E-state index contributed by atoms with van der Waals surface area (Å²) >= 11 is 0. The van der Waals surface area contributed by atoms with Crippen molar-refractivity contribution in [3.05, 3.63) is 29.3 Å². The highest BCUT2D eigenvalue weighted by Crippen LogP contribution is 2.18. The van der Waals surface area contributed by atoms with E-state index < -0.39 is 9.05 Å². The molecule has 0 aromatic heterocycles. The normalized spacial score (nSPS) is 11.2. The van der Waals surface area contributed by atoms with Crippen molar-refractivity contribution in [1.82, 2.24) is 5.32 Å². The van der Waals surface area contributed by atoms with Crippen molar-refractivity contribution >= 4 is 25.6 Å². The van der Waals surface area contributed by atoms with Gasteiger partial charge < -0.3 is 5.32 Å². The first-order valence-electron chi connectivity index (χ1n) is 4.69. The van der Waals surface area contributed by atoms with E-state index in [1.807, 2.05) is 0 Å². The Hall–Kier alpha value is -1.07. The van der Waals surface area contributed by atoms with Crippen LogP contribution in [-0.4, -0.2) is 20.9 Å². The minimum absolute atomic E-state index is 0.0598. The highest BCUT2D eigenvalue weighted by Gasteiger charge is 2.14. The zero-order valence-corrected chi connectivity index (χ0v) is 10.5. The van der Waals surface area contributed by atoms with Gasteiger partial charge >= 0.3 is 0 Å². The van der Waals surface area contributed by atoms with Crippen LogP contribution in [-0.2, 0) is 9.05 Å². The maximum Gasteiger partial charge on any atom is 0.261 e. The third-order valence-electron chi connectivity index (χ3n) is 1.93. The van der Waals surface area contributed by atoms with Crippen molar-refractivity contribution in [3.63, 3.8) is 0 Å². The van der Waals surface area contributed by atoms with Crippen molar-refractivity contribution in [3.8, 4) is 0 Å². The van der Waals surface area contributed by atoms with Gasteiger partial charge in [0.15, 0.2) is 0 Å². The Labute approximate surface area is 99.0 Å². The van der Waals surface area contributed by atoms with Crippen molar-refractivity contribution in [2.75, 3.05) is 6.54 Å². The maximum atomic E-state index is 11.5. The zero-order valence-electron chi connectivity index (χ0n) is 8.95. The molecular formula is C10H12ClNO3S. The fourth-order valence-electron chi connectivity index (χ4n) is 1.28. The van der Waals surface area contributed by atoms with Gasteiger partial charge in [-0.25, -0.2) is 8.42 Å². The minimum Gasteiger partial charge on any atom is -0.352 e. The summed E-state index contributed by atoms with van der Waals surface area (Å²) in [6, 6.07) is 4.29. The average molecular weight is 262 g/mol. The third-order valence-corrected chi connectivity index (χ3v) is 3.27. The van der Waals surface area contributed by atoms with E-state index >= 15 is 0 Å². The van der Waals surface area contributed by atoms with E-state index in [9.17, 15) is 13.2 Å². The van der Waals surface area contributed by atoms with E-state index in [0.717, 1.165) is 0 Å². The quantitative estimate of drug-likeness (QED) is 0.842. The van der Waals surface area contributed by atoms with Gasteiger partial charge in [-0.3, -0.25) is 4.79 Å². The fourth-order valence-corrected chi connectivity index (χ4v) is 2.14. The lowest BCUT2D eigenvalue weighted by Crippen LogP contribution is -2.22. The molecule has 1 rings (SSSR count). The number of hydrogen-bond donors (Lipinski definition) is 1. The number of carbonyl (C=O) groups excluding carboxylic acids is 1. The van der Waals surface area contributed by atoms with E-state index in [2.05, 4.69) is 5.32 Å². The molecule has 1 N–H and O–H groups in total. The molecule has 1 amide bonds. The highest BCUT2D eigenvalue weighted by atomic mass is 35.7. The zero-order chi connectivity index (χ0) is 12.3. The lowest BCUT2D eigenvalue weighted by atomic mass is 10.1. The Morgan fingerprint density at radius 1 is 1.38 bits per heavy atom. The third kappa shape index (κ3) is 3.21. The van der Waals surface area contributed by atoms with Crippen molar-refractivity contribution in [1.29, 1.82) is 0 Å². The first-order valence-corrected chi connectivity index (χ1v) is 7.00. The lowest BCUT2D eigenvalue weighted by Gasteiger charge is -2.05. The fraction of sp³-hybridized carbons (Fsp3) is 0.300. The molecule has 0 bridgehead atoms. The van der Waals surface area contributed by atoms with E-state index in [4.69, 9.17) is 10.7 Å². The molecule has 0 aliphatic carbocycles. The van der Waals surface area contributed by atoms with Gasteiger partial charge in [-0.15, -0.1) is 0 Å². The Bertz CT molecular complexity index is 511. The number of carbonyl (C=O) groups is 1. The van der Waals surface area contributed by atoms with E-state index in [0.29, 0.717) is 17.7 Å². The molecular weight excluding hydrogens is 250 g/mol. The Morgan fingerprint density at radius 3 is 2.50 bits per heavy atom. The topological polar surface area (TPSA) is 63.2 Å². The van der Waals surface area contributed by atoms with E-state index in [-0.39, 0.29) is 10.8 Å². The second-order valence-corrected chi connectivity index (χ2v) is 5.90. The van der Waals surface area contributed by atoms with Crippen LogP contribution < -0.4 is 5.32 Å². The monoisotopic (exact) mass is 261 g/mol. The summed E-state index contributed by atoms with van der Waals surface area (Å²) in [6.45, 7) is 3.97. The number of rotatable bonds is 3. The van der Waals surface area contributed by atoms with Crippen LogP contribution in [0.2, 0.25) is 0 Å². The van der Waals surface area contributed by atoms with Gasteiger partial charge in [0, 0.05) is 22.8 Å². The largest absolute Gasteiger partial charge is 0.352 e. The molecule has 6 heteroatoms.